The number of nitrogens with two attached hydrogens (primary N) is 1. The number of rotatable bonds is 1. The van der Waals surface area contributed by atoms with E-state index in [-0.39, 0.29) is 12.1 Å². The highest BCUT2D eigenvalue weighted by Crippen LogP contribution is 2.22. The molecule has 1 aliphatic carbocycles. The molecule has 1 saturated carbocycles. The van der Waals surface area contributed by atoms with E-state index in [1.54, 1.807) is 0 Å². The molecule has 4 heteroatoms. The van der Waals surface area contributed by atoms with Crippen molar-refractivity contribution in [1.29, 1.82) is 0 Å². The molecule has 1 fully saturated rings. The largest absolute Gasteiger partial charge is 0.465 e. The molecule has 0 bridgehead atoms. The van der Waals surface area contributed by atoms with Gasteiger partial charge in [-0.05, 0) is 25.2 Å². The lowest BCUT2D eigenvalue weighted by atomic mass is 9.83. The van der Waals surface area contributed by atoms with E-state index in [1.807, 2.05) is 6.92 Å². The lowest BCUT2D eigenvalue weighted by Gasteiger charge is -2.32. The minimum atomic E-state index is -0.928. The second kappa shape index (κ2) is 3.76. The predicted octanol–water partition coefficient (Wildman–Crippen LogP) is 0.770. The van der Waals surface area contributed by atoms with Crippen LogP contribution in [0.2, 0.25) is 0 Å². The van der Waals surface area contributed by atoms with Crippen molar-refractivity contribution in [2.24, 2.45) is 11.7 Å². The average Bonchev–Trinajstić information content (AvgIpc) is 1.94. The number of hydrogen-bond acceptors (Lipinski definition) is 2. The van der Waals surface area contributed by atoms with Gasteiger partial charge in [0.15, 0.2) is 0 Å². The second-order valence-corrected chi connectivity index (χ2v) is 3.61. The second-order valence-electron chi connectivity index (χ2n) is 3.61. The zero-order chi connectivity index (χ0) is 9.14. The summed E-state index contributed by atoms with van der Waals surface area (Å²) in [5, 5.41) is 11.0. The van der Waals surface area contributed by atoms with Crippen LogP contribution in [0.4, 0.5) is 4.79 Å². The van der Waals surface area contributed by atoms with Gasteiger partial charge in [-0.25, -0.2) is 4.79 Å². The summed E-state index contributed by atoms with van der Waals surface area (Å²) in [4.78, 5) is 10.4. The Morgan fingerprint density at radius 2 is 2.25 bits per heavy atom. The van der Waals surface area contributed by atoms with Gasteiger partial charge in [0, 0.05) is 12.1 Å². The minimum absolute atomic E-state index is 0.0994. The van der Waals surface area contributed by atoms with Crippen LogP contribution < -0.4 is 11.1 Å². The summed E-state index contributed by atoms with van der Waals surface area (Å²) in [6.45, 7) is 2.04. The van der Waals surface area contributed by atoms with Crippen LogP contribution in [0.5, 0.6) is 0 Å². The Balaban J connectivity index is 2.39. The lowest BCUT2D eigenvalue weighted by molar-refractivity contribution is 0.175. The van der Waals surface area contributed by atoms with E-state index < -0.39 is 6.09 Å². The maximum Gasteiger partial charge on any atom is 0.404 e. The molecule has 0 heterocycles. The summed E-state index contributed by atoms with van der Waals surface area (Å²) < 4.78 is 0. The van der Waals surface area contributed by atoms with Crippen molar-refractivity contribution < 1.29 is 9.90 Å². The monoisotopic (exact) mass is 172 g/mol. The molecule has 0 aromatic carbocycles. The van der Waals surface area contributed by atoms with E-state index in [1.165, 1.54) is 0 Å². The molecule has 1 amide bonds. The first-order valence-electron chi connectivity index (χ1n) is 4.34. The number of hydrogen-bond donors (Lipinski definition) is 3. The summed E-state index contributed by atoms with van der Waals surface area (Å²) in [7, 11) is 0. The van der Waals surface area contributed by atoms with E-state index in [0.29, 0.717) is 5.92 Å². The lowest BCUT2D eigenvalue weighted by Crippen LogP contribution is -2.45. The van der Waals surface area contributed by atoms with Crippen molar-refractivity contribution in [3.8, 4) is 0 Å². The Bertz CT molecular complexity index is 172. The van der Waals surface area contributed by atoms with Gasteiger partial charge in [0.05, 0.1) is 0 Å². The zero-order valence-corrected chi connectivity index (χ0v) is 7.29. The smallest absolute Gasteiger partial charge is 0.404 e. The topological polar surface area (TPSA) is 75.3 Å². The Morgan fingerprint density at radius 1 is 1.58 bits per heavy atom. The van der Waals surface area contributed by atoms with Crippen molar-refractivity contribution in [2.45, 2.75) is 38.3 Å². The Morgan fingerprint density at radius 3 is 2.75 bits per heavy atom. The van der Waals surface area contributed by atoms with E-state index in [0.717, 1.165) is 19.3 Å². The molecule has 3 atom stereocenters. The van der Waals surface area contributed by atoms with Gasteiger partial charge in [-0.15, -0.1) is 0 Å². The van der Waals surface area contributed by atoms with Gasteiger partial charge >= 0.3 is 6.09 Å². The SMILES string of the molecule is C[C@@H]1C[C@@H](N)CC[C@@H]1NC(=O)O. The van der Waals surface area contributed by atoms with Gasteiger partial charge in [0.1, 0.15) is 0 Å². The highest BCUT2D eigenvalue weighted by atomic mass is 16.4. The summed E-state index contributed by atoms with van der Waals surface area (Å²) in [6.07, 6.45) is 1.79. The fourth-order valence-corrected chi connectivity index (χ4v) is 1.81. The van der Waals surface area contributed by atoms with E-state index in [9.17, 15) is 4.79 Å². The maximum atomic E-state index is 10.4. The Kier molecular flexibility index (Phi) is 2.92. The standard InChI is InChI=1S/C8H16N2O2/c1-5-4-6(9)2-3-7(5)10-8(11)12/h5-7,10H,2-4,9H2,1H3,(H,11,12)/t5-,6+,7+/m1/s1. The maximum absolute atomic E-state index is 10.4. The third-order valence-electron chi connectivity index (χ3n) is 2.52. The number of carbonyl (C=O) groups is 1. The molecular formula is C8H16N2O2. The fourth-order valence-electron chi connectivity index (χ4n) is 1.81. The normalized spacial score (nSPS) is 36.0. The van der Waals surface area contributed by atoms with Gasteiger partial charge in [0.25, 0.3) is 0 Å². The minimum Gasteiger partial charge on any atom is -0.465 e. The molecule has 70 valence electrons. The van der Waals surface area contributed by atoms with Crippen molar-refractivity contribution in [3.05, 3.63) is 0 Å². The summed E-state index contributed by atoms with van der Waals surface area (Å²) in [5.74, 6) is 0.366. The zero-order valence-electron chi connectivity index (χ0n) is 7.29. The van der Waals surface area contributed by atoms with E-state index >= 15 is 0 Å². The molecule has 0 spiro atoms. The third kappa shape index (κ3) is 2.37. The molecule has 1 aliphatic rings. The van der Waals surface area contributed by atoms with Crippen LogP contribution >= 0.6 is 0 Å². The van der Waals surface area contributed by atoms with E-state index in [2.05, 4.69) is 5.32 Å². The summed E-state index contributed by atoms with van der Waals surface area (Å²) >= 11 is 0. The predicted molar refractivity (Wildman–Crippen MR) is 45.9 cm³/mol. The molecule has 0 aromatic heterocycles. The molecule has 0 aromatic rings. The van der Waals surface area contributed by atoms with E-state index in [4.69, 9.17) is 10.8 Å². The van der Waals surface area contributed by atoms with Crippen LogP contribution in [0.1, 0.15) is 26.2 Å². The molecular weight excluding hydrogens is 156 g/mol. The van der Waals surface area contributed by atoms with Crippen LogP contribution in [0.25, 0.3) is 0 Å². The first kappa shape index (κ1) is 9.32. The number of amides is 1. The van der Waals surface area contributed by atoms with Crippen molar-refractivity contribution in [1.82, 2.24) is 5.32 Å². The van der Waals surface area contributed by atoms with Crippen LogP contribution in [0.15, 0.2) is 0 Å². The van der Waals surface area contributed by atoms with Gasteiger partial charge in [-0.1, -0.05) is 6.92 Å². The number of carboxylic acid groups (broad SMARTS) is 1. The Labute approximate surface area is 72.1 Å². The molecule has 4 N–H and O–H groups in total. The van der Waals surface area contributed by atoms with Gasteiger partial charge in [-0.2, -0.15) is 0 Å². The van der Waals surface area contributed by atoms with Crippen molar-refractivity contribution in [3.63, 3.8) is 0 Å². The van der Waals surface area contributed by atoms with Crippen molar-refractivity contribution >= 4 is 6.09 Å². The van der Waals surface area contributed by atoms with Crippen LogP contribution in [0.3, 0.4) is 0 Å². The molecule has 0 saturated heterocycles. The number of nitrogens with one attached hydrogen (secondary N) is 1. The molecule has 0 radical (unpaired) electrons. The first-order valence-corrected chi connectivity index (χ1v) is 4.34. The molecule has 0 aliphatic heterocycles. The average molecular weight is 172 g/mol. The highest BCUT2D eigenvalue weighted by molar-refractivity contribution is 5.64. The Hall–Kier alpha value is -0.770. The molecule has 12 heavy (non-hydrogen) atoms. The van der Waals surface area contributed by atoms with Gasteiger partial charge in [0.2, 0.25) is 0 Å². The van der Waals surface area contributed by atoms with Crippen LogP contribution in [0, 0.1) is 5.92 Å². The van der Waals surface area contributed by atoms with Crippen LogP contribution in [-0.2, 0) is 0 Å². The quantitative estimate of drug-likeness (QED) is 0.547. The first-order chi connectivity index (χ1) is 5.59. The molecule has 1 rings (SSSR count). The fraction of sp³-hybridized carbons (Fsp3) is 0.875. The van der Waals surface area contributed by atoms with Gasteiger partial charge in [-0.3, -0.25) is 0 Å². The highest BCUT2D eigenvalue weighted by Gasteiger charge is 2.26. The third-order valence-corrected chi connectivity index (χ3v) is 2.52. The molecule has 4 nitrogen and oxygen atoms in total. The van der Waals surface area contributed by atoms with Crippen LogP contribution in [-0.4, -0.2) is 23.3 Å². The summed E-state index contributed by atoms with van der Waals surface area (Å²) in [5.41, 5.74) is 5.74. The van der Waals surface area contributed by atoms with Gasteiger partial charge < -0.3 is 16.2 Å². The van der Waals surface area contributed by atoms with Crippen molar-refractivity contribution in [2.75, 3.05) is 0 Å². The summed E-state index contributed by atoms with van der Waals surface area (Å²) in [6, 6.07) is 0.356. The molecule has 0 unspecified atom stereocenters.